The lowest BCUT2D eigenvalue weighted by atomic mass is 10.0. The molecule has 2 aliphatic rings. The number of thioether (sulfide) groups is 1. The van der Waals surface area contributed by atoms with E-state index in [-0.39, 0.29) is 5.78 Å². The van der Waals surface area contributed by atoms with Gasteiger partial charge in [-0.1, -0.05) is 15.9 Å². The summed E-state index contributed by atoms with van der Waals surface area (Å²) in [6, 6.07) is 5.83. The highest BCUT2D eigenvalue weighted by molar-refractivity contribution is 9.10. The molecule has 2 aliphatic heterocycles. The second kappa shape index (κ2) is 7.27. The van der Waals surface area contributed by atoms with E-state index >= 15 is 0 Å². The largest absolute Gasteiger partial charge is 0.378 e. The topological polar surface area (TPSA) is 55.3 Å². The van der Waals surface area contributed by atoms with Crippen LogP contribution in [-0.4, -0.2) is 47.8 Å². The number of aromatic nitrogens is 2. The molecule has 0 unspecified atom stereocenters. The molecule has 25 heavy (non-hydrogen) atoms. The first-order valence-corrected chi connectivity index (χ1v) is 9.81. The van der Waals surface area contributed by atoms with Gasteiger partial charge in [-0.05, 0) is 24.3 Å². The van der Waals surface area contributed by atoms with Crippen molar-refractivity contribution in [2.45, 2.75) is 4.90 Å². The highest BCUT2D eigenvalue weighted by Gasteiger charge is 2.22. The zero-order valence-corrected chi connectivity index (χ0v) is 15.8. The van der Waals surface area contributed by atoms with Crippen molar-refractivity contribution < 1.29 is 9.53 Å². The van der Waals surface area contributed by atoms with Crippen LogP contribution in [0.2, 0.25) is 0 Å². The Bertz CT molecular complexity index is 833. The second-order valence-corrected chi connectivity index (χ2v) is 7.78. The predicted octanol–water partition coefficient (Wildman–Crippen LogP) is 3.45. The van der Waals surface area contributed by atoms with Gasteiger partial charge in [0, 0.05) is 57.3 Å². The van der Waals surface area contributed by atoms with E-state index in [0.717, 1.165) is 39.2 Å². The number of benzene rings is 1. The average molecular weight is 418 g/mol. The lowest BCUT2D eigenvalue weighted by molar-refractivity contribution is 0.103. The molecule has 1 fully saturated rings. The SMILES string of the molecule is O=C1C(=Cc2cnc(N3CCOCC3)nc2)CSc2ccc(Br)cc21. The third-order valence-corrected chi connectivity index (χ3v) is 5.77. The molecule has 1 saturated heterocycles. The number of halogens is 1. The number of carbonyl (C=O) groups excluding carboxylic acids is 1. The number of fused-ring (bicyclic) bond motifs is 1. The Hall–Kier alpha value is -1.70. The van der Waals surface area contributed by atoms with Crippen molar-refractivity contribution in [3.8, 4) is 0 Å². The molecular formula is C18H16BrN3O2S. The Morgan fingerprint density at radius 2 is 1.96 bits per heavy atom. The normalized spacial score (nSPS) is 19.2. The lowest BCUT2D eigenvalue weighted by Gasteiger charge is -2.26. The van der Waals surface area contributed by atoms with E-state index < -0.39 is 0 Å². The molecular weight excluding hydrogens is 402 g/mol. The number of ketones is 1. The number of morpholine rings is 1. The van der Waals surface area contributed by atoms with E-state index in [4.69, 9.17) is 4.74 Å². The predicted molar refractivity (Wildman–Crippen MR) is 102 cm³/mol. The number of rotatable bonds is 2. The summed E-state index contributed by atoms with van der Waals surface area (Å²) in [6.45, 7) is 3.02. The maximum Gasteiger partial charge on any atom is 0.225 e. The van der Waals surface area contributed by atoms with Gasteiger partial charge >= 0.3 is 0 Å². The van der Waals surface area contributed by atoms with Gasteiger partial charge < -0.3 is 9.64 Å². The number of carbonyl (C=O) groups is 1. The van der Waals surface area contributed by atoms with E-state index in [0.29, 0.717) is 24.9 Å². The van der Waals surface area contributed by atoms with Crippen molar-refractivity contribution in [2.24, 2.45) is 0 Å². The van der Waals surface area contributed by atoms with Gasteiger partial charge in [-0.25, -0.2) is 9.97 Å². The van der Waals surface area contributed by atoms with Gasteiger partial charge in [0.15, 0.2) is 5.78 Å². The lowest BCUT2D eigenvalue weighted by Crippen LogP contribution is -2.37. The van der Waals surface area contributed by atoms with Gasteiger partial charge in [0.1, 0.15) is 0 Å². The number of hydrogen-bond donors (Lipinski definition) is 0. The van der Waals surface area contributed by atoms with Crippen LogP contribution in [0, 0.1) is 0 Å². The van der Waals surface area contributed by atoms with Crippen LogP contribution in [0.3, 0.4) is 0 Å². The van der Waals surface area contributed by atoms with Crippen molar-refractivity contribution in [3.63, 3.8) is 0 Å². The van der Waals surface area contributed by atoms with E-state index in [1.54, 1.807) is 24.2 Å². The highest BCUT2D eigenvalue weighted by Crippen LogP contribution is 2.34. The summed E-state index contributed by atoms with van der Waals surface area (Å²) < 4.78 is 6.26. The fraction of sp³-hybridized carbons (Fsp3) is 0.278. The maximum absolute atomic E-state index is 12.7. The second-order valence-electron chi connectivity index (χ2n) is 5.84. The third-order valence-electron chi connectivity index (χ3n) is 4.15. The summed E-state index contributed by atoms with van der Waals surface area (Å²) in [5.41, 5.74) is 2.38. The molecule has 4 rings (SSSR count). The van der Waals surface area contributed by atoms with Crippen LogP contribution in [0.5, 0.6) is 0 Å². The van der Waals surface area contributed by atoms with Gasteiger partial charge in [-0.2, -0.15) is 0 Å². The van der Waals surface area contributed by atoms with Crippen LogP contribution in [0.15, 0.2) is 45.5 Å². The number of anilines is 1. The molecule has 7 heteroatoms. The molecule has 0 N–H and O–H groups in total. The van der Waals surface area contributed by atoms with Crippen LogP contribution in [0.1, 0.15) is 15.9 Å². The van der Waals surface area contributed by atoms with Crippen molar-refractivity contribution in [1.29, 1.82) is 0 Å². The molecule has 0 amide bonds. The Kier molecular flexibility index (Phi) is 4.87. The summed E-state index contributed by atoms with van der Waals surface area (Å²) in [5.74, 6) is 1.45. The van der Waals surface area contributed by atoms with Gasteiger partial charge in [0.2, 0.25) is 5.95 Å². The van der Waals surface area contributed by atoms with Crippen LogP contribution in [-0.2, 0) is 4.74 Å². The summed E-state index contributed by atoms with van der Waals surface area (Å²) in [6.07, 6.45) is 5.45. The third kappa shape index (κ3) is 3.63. The average Bonchev–Trinajstić information content (AvgIpc) is 2.66. The molecule has 0 bridgehead atoms. The van der Waals surface area contributed by atoms with Gasteiger partial charge in [-0.15, -0.1) is 11.8 Å². The Morgan fingerprint density at radius 1 is 1.20 bits per heavy atom. The van der Waals surface area contributed by atoms with Crippen molar-refractivity contribution in [1.82, 2.24) is 9.97 Å². The van der Waals surface area contributed by atoms with Crippen LogP contribution < -0.4 is 4.90 Å². The molecule has 1 aromatic heterocycles. The van der Waals surface area contributed by atoms with Crippen molar-refractivity contribution >= 4 is 45.5 Å². The Morgan fingerprint density at radius 3 is 2.72 bits per heavy atom. The van der Waals surface area contributed by atoms with Crippen LogP contribution in [0.25, 0.3) is 6.08 Å². The van der Waals surface area contributed by atoms with Crippen LogP contribution >= 0.6 is 27.7 Å². The number of hydrogen-bond acceptors (Lipinski definition) is 6. The molecule has 3 heterocycles. The van der Waals surface area contributed by atoms with Gasteiger partial charge in [-0.3, -0.25) is 4.79 Å². The minimum absolute atomic E-state index is 0.0762. The number of ether oxygens (including phenoxy) is 1. The quantitative estimate of drug-likeness (QED) is 0.697. The molecule has 2 aromatic rings. The monoisotopic (exact) mass is 417 g/mol. The number of Topliss-reactive ketones (excluding diaryl/α,β-unsaturated/α-hetero) is 1. The van der Waals surface area contributed by atoms with E-state index in [2.05, 4.69) is 30.8 Å². The minimum Gasteiger partial charge on any atom is -0.378 e. The van der Waals surface area contributed by atoms with Crippen molar-refractivity contribution in [3.05, 3.63) is 51.8 Å². The molecule has 0 atom stereocenters. The fourth-order valence-corrected chi connectivity index (χ4v) is 4.20. The first-order valence-electron chi connectivity index (χ1n) is 8.03. The smallest absolute Gasteiger partial charge is 0.225 e. The van der Waals surface area contributed by atoms with E-state index in [1.165, 1.54) is 0 Å². The highest BCUT2D eigenvalue weighted by atomic mass is 79.9. The zero-order valence-electron chi connectivity index (χ0n) is 13.4. The Balaban J connectivity index is 1.55. The summed E-state index contributed by atoms with van der Waals surface area (Å²) >= 11 is 5.12. The molecule has 0 spiro atoms. The van der Waals surface area contributed by atoms with Gasteiger partial charge in [0.25, 0.3) is 0 Å². The molecule has 128 valence electrons. The summed E-state index contributed by atoms with van der Waals surface area (Å²) in [5, 5.41) is 0. The van der Waals surface area contributed by atoms with E-state index in [9.17, 15) is 4.79 Å². The number of nitrogens with zero attached hydrogens (tertiary/aromatic N) is 3. The first kappa shape index (κ1) is 16.8. The summed E-state index contributed by atoms with van der Waals surface area (Å²) in [7, 11) is 0. The maximum atomic E-state index is 12.7. The van der Waals surface area contributed by atoms with E-state index in [1.807, 2.05) is 24.3 Å². The zero-order chi connectivity index (χ0) is 17.2. The molecule has 0 aliphatic carbocycles. The molecule has 1 aromatic carbocycles. The summed E-state index contributed by atoms with van der Waals surface area (Å²) in [4.78, 5) is 24.7. The Labute approximate surface area is 158 Å². The first-order chi connectivity index (χ1) is 12.2. The minimum atomic E-state index is 0.0762. The molecule has 0 saturated carbocycles. The van der Waals surface area contributed by atoms with Gasteiger partial charge in [0.05, 0.1) is 13.2 Å². The molecule has 5 nitrogen and oxygen atoms in total. The standard InChI is InChI=1S/C18H16BrN3O2S/c19-14-1-2-16-15(8-14)17(23)13(11-25-16)7-12-9-20-18(21-10-12)22-3-5-24-6-4-22/h1-2,7-10H,3-6,11H2. The van der Waals surface area contributed by atoms with Crippen LogP contribution in [0.4, 0.5) is 5.95 Å². The van der Waals surface area contributed by atoms with Crippen molar-refractivity contribution in [2.75, 3.05) is 37.0 Å². The molecule has 0 radical (unpaired) electrons. The fourth-order valence-electron chi connectivity index (χ4n) is 2.84.